The Morgan fingerprint density at radius 1 is 1.43 bits per heavy atom. The normalized spacial score (nSPS) is 13.9. The van der Waals surface area contributed by atoms with Crippen LogP contribution in [0.15, 0.2) is 30.3 Å². The number of carbonyl (C=O) groups is 1. The van der Waals surface area contributed by atoms with Crippen molar-refractivity contribution in [3.8, 4) is 0 Å². The minimum atomic E-state index is -0.214. The highest BCUT2D eigenvalue weighted by Gasteiger charge is 2.19. The zero-order valence-corrected chi connectivity index (χ0v) is 12.9. The van der Waals surface area contributed by atoms with E-state index in [0.717, 1.165) is 19.5 Å². The van der Waals surface area contributed by atoms with Crippen molar-refractivity contribution in [2.75, 3.05) is 11.4 Å². The number of hydrogen-bond acceptors (Lipinski definition) is 4. The first-order chi connectivity index (χ1) is 10.2. The molecule has 0 atom stereocenters. The monoisotopic (exact) mass is 301 g/mol. The predicted octanol–water partition coefficient (Wildman–Crippen LogP) is 2.61. The number of fused-ring (bicyclic) bond motifs is 1. The van der Waals surface area contributed by atoms with Gasteiger partial charge < -0.3 is 4.90 Å². The van der Waals surface area contributed by atoms with Crippen LogP contribution in [0.4, 0.5) is 5.69 Å². The first kappa shape index (κ1) is 14.1. The smallest absolute Gasteiger partial charge is 0.275 e. The Morgan fingerprint density at radius 3 is 3.05 bits per heavy atom. The fourth-order valence-corrected chi connectivity index (χ4v) is 3.78. The zero-order chi connectivity index (χ0) is 14.8. The number of thiophene rings is 1. The van der Waals surface area contributed by atoms with Gasteiger partial charge in [0, 0.05) is 23.7 Å². The number of para-hydroxylation sites is 1. The molecule has 1 aliphatic rings. The van der Waals surface area contributed by atoms with Crippen LogP contribution in [0, 0.1) is 6.92 Å². The van der Waals surface area contributed by atoms with E-state index in [0.29, 0.717) is 4.88 Å². The summed E-state index contributed by atoms with van der Waals surface area (Å²) in [7, 11) is 0. The van der Waals surface area contributed by atoms with Gasteiger partial charge in [-0.15, -0.1) is 11.3 Å². The molecule has 1 aromatic carbocycles. The van der Waals surface area contributed by atoms with Crippen molar-refractivity contribution in [3.05, 3.63) is 51.2 Å². The van der Waals surface area contributed by atoms with Crippen LogP contribution in [0.25, 0.3) is 0 Å². The van der Waals surface area contributed by atoms with Crippen LogP contribution < -0.4 is 16.2 Å². The van der Waals surface area contributed by atoms with Gasteiger partial charge >= 0.3 is 0 Å². The maximum Gasteiger partial charge on any atom is 0.275 e. The molecular weight excluding hydrogens is 282 g/mol. The van der Waals surface area contributed by atoms with E-state index in [-0.39, 0.29) is 5.91 Å². The molecule has 1 aliphatic heterocycles. The topological polar surface area (TPSA) is 58.4 Å². The molecule has 110 valence electrons. The minimum Gasteiger partial charge on any atom is -0.367 e. The number of aryl methyl sites for hydroxylation is 2. The lowest BCUT2D eigenvalue weighted by atomic mass is 10.0. The lowest BCUT2D eigenvalue weighted by Crippen LogP contribution is -2.29. The average molecular weight is 301 g/mol. The number of nitrogens with two attached hydrogens (primary N) is 1. The summed E-state index contributed by atoms with van der Waals surface area (Å²) in [6.07, 6.45) is 2.33. The first-order valence-electron chi connectivity index (χ1n) is 7.12. The largest absolute Gasteiger partial charge is 0.367 e. The molecule has 0 radical (unpaired) electrons. The Labute approximate surface area is 128 Å². The van der Waals surface area contributed by atoms with Gasteiger partial charge in [0.2, 0.25) is 0 Å². The van der Waals surface area contributed by atoms with Crippen molar-refractivity contribution in [1.29, 1.82) is 0 Å². The van der Waals surface area contributed by atoms with E-state index in [2.05, 4.69) is 41.5 Å². The molecule has 21 heavy (non-hydrogen) atoms. The summed E-state index contributed by atoms with van der Waals surface area (Å²) in [4.78, 5) is 15.9. The molecule has 0 unspecified atom stereocenters. The SMILES string of the molecule is Cc1sc(C(=O)NN)cc1CN1CCCc2ccccc21. The lowest BCUT2D eigenvalue weighted by molar-refractivity contribution is 0.0957. The molecule has 3 rings (SSSR count). The maximum atomic E-state index is 11.6. The number of nitrogens with one attached hydrogen (secondary N) is 1. The number of anilines is 1. The van der Waals surface area contributed by atoms with Crippen LogP contribution in [0.1, 0.15) is 32.1 Å². The van der Waals surface area contributed by atoms with E-state index in [9.17, 15) is 4.79 Å². The Bertz CT molecular complexity index is 665. The summed E-state index contributed by atoms with van der Waals surface area (Å²) in [6.45, 7) is 3.96. The lowest BCUT2D eigenvalue weighted by Gasteiger charge is -2.31. The fraction of sp³-hybridized carbons (Fsp3) is 0.312. The Hall–Kier alpha value is -1.85. The summed E-state index contributed by atoms with van der Waals surface area (Å²) >= 11 is 1.50. The predicted molar refractivity (Wildman–Crippen MR) is 86.5 cm³/mol. The molecule has 2 heterocycles. The Kier molecular flexibility index (Phi) is 3.94. The number of benzene rings is 1. The highest BCUT2D eigenvalue weighted by Crippen LogP contribution is 2.30. The number of rotatable bonds is 3. The van der Waals surface area contributed by atoms with E-state index >= 15 is 0 Å². The molecule has 2 aromatic rings. The van der Waals surface area contributed by atoms with E-state index < -0.39 is 0 Å². The van der Waals surface area contributed by atoms with Gasteiger partial charge in [-0.05, 0) is 43.0 Å². The highest BCUT2D eigenvalue weighted by atomic mass is 32.1. The van der Waals surface area contributed by atoms with Crippen molar-refractivity contribution < 1.29 is 4.79 Å². The number of nitrogens with zero attached hydrogens (tertiary/aromatic N) is 1. The van der Waals surface area contributed by atoms with Crippen molar-refractivity contribution >= 4 is 22.9 Å². The van der Waals surface area contributed by atoms with Gasteiger partial charge in [-0.2, -0.15) is 0 Å². The molecule has 0 aliphatic carbocycles. The zero-order valence-electron chi connectivity index (χ0n) is 12.1. The standard InChI is InChI=1S/C16H19N3OS/c1-11-13(9-15(21-11)16(20)18-17)10-19-8-4-6-12-5-2-3-7-14(12)19/h2-3,5,7,9H,4,6,8,10,17H2,1H3,(H,18,20). The maximum absolute atomic E-state index is 11.6. The van der Waals surface area contributed by atoms with E-state index in [4.69, 9.17) is 5.84 Å². The summed E-state index contributed by atoms with van der Waals surface area (Å²) in [5.41, 5.74) is 6.14. The first-order valence-corrected chi connectivity index (χ1v) is 7.94. The van der Waals surface area contributed by atoms with Crippen LogP contribution >= 0.6 is 11.3 Å². The number of carbonyl (C=O) groups excluding carboxylic acids is 1. The van der Waals surface area contributed by atoms with Crippen molar-refractivity contribution in [2.45, 2.75) is 26.3 Å². The average Bonchev–Trinajstić information content (AvgIpc) is 2.88. The summed E-state index contributed by atoms with van der Waals surface area (Å²) in [5, 5.41) is 0. The second-order valence-corrected chi connectivity index (χ2v) is 6.58. The van der Waals surface area contributed by atoms with Crippen LogP contribution in [0.2, 0.25) is 0 Å². The second kappa shape index (κ2) is 5.87. The van der Waals surface area contributed by atoms with Gasteiger partial charge in [0.05, 0.1) is 4.88 Å². The van der Waals surface area contributed by atoms with E-state index in [1.807, 2.05) is 6.07 Å². The van der Waals surface area contributed by atoms with Gasteiger partial charge in [-0.25, -0.2) is 5.84 Å². The number of nitrogen functional groups attached to an aromatic ring is 1. The number of hydrogen-bond donors (Lipinski definition) is 2. The molecule has 4 nitrogen and oxygen atoms in total. The Morgan fingerprint density at radius 2 is 2.24 bits per heavy atom. The summed E-state index contributed by atoms with van der Waals surface area (Å²) in [6, 6.07) is 10.5. The molecule has 0 spiro atoms. The van der Waals surface area contributed by atoms with Crippen molar-refractivity contribution in [2.24, 2.45) is 5.84 Å². The van der Waals surface area contributed by atoms with Crippen LogP contribution in [-0.2, 0) is 13.0 Å². The summed E-state index contributed by atoms with van der Waals surface area (Å²) < 4.78 is 0. The third-order valence-electron chi connectivity index (χ3n) is 3.94. The van der Waals surface area contributed by atoms with Gasteiger partial charge in [0.1, 0.15) is 0 Å². The van der Waals surface area contributed by atoms with Gasteiger partial charge in [-0.1, -0.05) is 18.2 Å². The molecule has 0 bridgehead atoms. The molecular formula is C16H19N3OS. The van der Waals surface area contributed by atoms with Crippen molar-refractivity contribution in [3.63, 3.8) is 0 Å². The van der Waals surface area contributed by atoms with Crippen LogP contribution in [0.3, 0.4) is 0 Å². The van der Waals surface area contributed by atoms with Gasteiger partial charge in [0.25, 0.3) is 5.91 Å². The van der Waals surface area contributed by atoms with Gasteiger partial charge in [0.15, 0.2) is 0 Å². The molecule has 0 saturated heterocycles. The second-order valence-electron chi connectivity index (χ2n) is 5.32. The number of amides is 1. The fourth-order valence-electron chi connectivity index (χ4n) is 2.84. The third kappa shape index (κ3) is 2.80. The van der Waals surface area contributed by atoms with Crippen LogP contribution in [0.5, 0.6) is 0 Å². The molecule has 1 amide bonds. The van der Waals surface area contributed by atoms with Crippen LogP contribution in [-0.4, -0.2) is 12.5 Å². The van der Waals surface area contributed by atoms with Crippen molar-refractivity contribution in [1.82, 2.24) is 5.43 Å². The molecule has 5 heteroatoms. The highest BCUT2D eigenvalue weighted by molar-refractivity contribution is 7.14. The Balaban J connectivity index is 1.85. The minimum absolute atomic E-state index is 0.214. The number of hydrazine groups is 1. The quantitative estimate of drug-likeness (QED) is 0.520. The molecule has 1 aromatic heterocycles. The summed E-state index contributed by atoms with van der Waals surface area (Å²) in [5.74, 6) is 4.99. The molecule has 0 fully saturated rings. The van der Waals surface area contributed by atoms with E-state index in [1.165, 1.54) is 39.4 Å². The molecule has 3 N–H and O–H groups in total. The van der Waals surface area contributed by atoms with E-state index in [1.54, 1.807) is 0 Å². The third-order valence-corrected chi connectivity index (χ3v) is 5.03. The molecule has 0 saturated carbocycles. The van der Waals surface area contributed by atoms with Gasteiger partial charge in [-0.3, -0.25) is 10.2 Å².